The van der Waals surface area contributed by atoms with Crippen molar-refractivity contribution in [2.24, 2.45) is 5.92 Å². The summed E-state index contributed by atoms with van der Waals surface area (Å²) in [6, 6.07) is 10.8. The smallest absolute Gasteiger partial charge is 0.227 e. The van der Waals surface area contributed by atoms with Gasteiger partial charge in [0, 0.05) is 6.04 Å². The van der Waals surface area contributed by atoms with Crippen molar-refractivity contribution in [3.8, 4) is 0 Å². The molecular formula is C16H23N5. The normalized spacial score (nSPS) is 13.7. The summed E-state index contributed by atoms with van der Waals surface area (Å²) >= 11 is 0. The molecule has 0 aliphatic heterocycles. The van der Waals surface area contributed by atoms with Crippen LogP contribution in [0.4, 0.5) is 11.9 Å². The van der Waals surface area contributed by atoms with E-state index < -0.39 is 0 Å². The van der Waals surface area contributed by atoms with Crippen LogP contribution in [0.3, 0.4) is 0 Å². The number of nitrogens with one attached hydrogen (secondary N) is 1. The number of nitrogens with zero attached hydrogens (tertiary/aromatic N) is 3. The number of hydrogen-bond acceptors (Lipinski definition) is 5. The first kappa shape index (κ1) is 15.2. The molecule has 0 saturated heterocycles. The van der Waals surface area contributed by atoms with E-state index in [2.05, 4.69) is 58.4 Å². The van der Waals surface area contributed by atoms with E-state index in [1.165, 1.54) is 5.56 Å². The van der Waals surface area contributed by atoms with Gasteiger partial charge in [-0.1, -0.05) is 44.2 Å². The Morgan fingerprint density at radius 3 is 2.48 bits per heavy atom. The van der Waals surface area contributed by atoms with Crippen molar-refractivity contribution in [3.05, 3.63) is 41.7 Å². The minimum atomic E-state index is 0.260. The van der Waals surface area contributed by atoms with Gasteiger partial charge in [0.2, 0.25) is 11.9 Å². The van der Waals surface area contributed by atoms with Gasteiger partial charge in [-0.3, -0.25) is 0 Å². The van der Waals surface area contributed by atoms with Gasteiger partial charge in [-0.05, 0) is 31.2 Å². The van der Waals surface area contributed by atoms with Gasteiger partial charge < -0.3 is 11.1 Å². The van der Waals surface area contributed by atoms with E-state index in [1.54, 1.807) is 0 Å². The van der Waals surface area contributed by atoms with Gasteiger partial charge in [0.15, 0.2) is 0 Å². The van der Waals surface area contributed by atoms with Crippen LogP contribution in [-0.2, 0) is 6.42 Å². The van der Waals surface area contributed by atoms with E-state index in [1.807, 2.05) is 13.0 Å². The highest BCUT2D eigenvalue weighted by Gasteiger charge is 2.17. The van der Waals surface area contributed by atoms with Crippen molar-refractivity contribution in [3.63, 3.8) is 0 Å². The Balaban J connectivity index is 2.05. The van der Waals surface area contributed by atoms with Crippen LogP contribution in [0.2, 0.25) is 0 Å². The molecule has 0 radical (unpaired) electrons. The zero-order valence-electron chi connectivity index (χ0n) is 12.9. The minimum absolute atomic E-state index is 0.260. The molecule has 1 aromatic heterocycles. The molecule has 2 atom stereocenters. The molecule has 0 aliphatic carbocycles. The third kappa shape index (κ3) is 4.41. The largest absolute Gasteiger partial charge is 0.368 e. The standard InChI is InChI=1S/C16H23N5/c1-4-14(11(2)10-13-8-6-5-7-9-13)20-16-19-12(3)18-15(17)21-16/h5-9,11,14H,4,10H2,1-3H3,(H3,17,18,19,20,21). The van der Waals surface area contributed by atoms with Crippen LogP contribution < -0.4 is 11.1 Å². The van der Waals surface area contributed by atoms with Crippen LogP contribution in [0.1, 0.15) is 31.7 Å². The molecule has 0 aliphatic rings. The Labute approximate surface area is 126 Å². The molecule has 0 spiro atoms. The minimum Gasteiger partial charge on any atom is -0.368 e. The van der Waals surface area contributed by atoms with Gasteiger partial charge in [-0.2, -0.15) is 15.0 Å². The summed E-state index contributed by atoms with van der Waals surface area (Å²) in [6.45, 7) is 6.22. The number of hydrogen-bond donors (Lipinski definition) is 2. The second kappa shape index (κ2) is 7.02. The SMILES string of the molecule is CCC(Nc1nc(C)nc(N)n1)C(C)Cc1ccccc1. The van der Waals surface area contributed by atoms with E-state index in [4.69, 9.17) is 5.73 Å². The number of aromatic nitrogens is 3. The summed E-state index contributed by atoms with van der Waals surface area (Å²) in [5.41, 5.74) is 7.02. The quantitative estimate of drug-likeness (QED) is 0.853. The third-order valence-corrected chi connectivity index (χ3v) is 3.61. The Kier molecular flexibility index (Phi) is 5.09. The molecular weight excluding hydrogens is 262 g/mol. The molecule has 0 saturated carbocycles. The molecule has 21 heavy (non-hydrogen) atoms. The molecule has 0 amide bonds. The molecule has 2 rings (SSSR count). The fourth-order valence-electron chi connectivity index (χ4n) is 2.51. The summed E-state index contributed by atoms with van der Waals surface area (Å²) in [5, 5.41) is 3.39. The summed E-state index contributed by atoms with van der Waals surface area (Å²) in [4.78, 5) is 12.4. The van der Waals surface area contributed by atoms with Crippen LogP contribution >= 0.6 is 0 Å². The fourth-order valence-corrected chi connectivity index (χ4v) is 2.51. The van der Waals surface area contributed by atoms with E-state index in [-0.39, 0.29) is 5.95 Å². The van der Waals surface area contributed by atoms with Crippen molar-refractivity contribution in [1.29, 1.82) is 0 Å². The fraction of sp³-hybridized carbons (Fsp3) is 0.438. The maximum Gasteiger partial charge on any atom is 0.227 e. The number of nitrogen functional groups attached to an aromatic ring is 1. The molecule has 0 fully saturated rings. The lowest BCUT2D eigenvalue weighted by atomic mass is 9.92. The van der Waals surface area contributed by atoms with E-state index in [0.29, 0.717) is 23.7 Å². The van der Waals surface area contributed by atoms with Gasteiger partial charge in [-0.15, -0.1) is 0 Å². The molecule has 0 bridgehead atoms. The maximum absolute atomic E-state index is 5.67. The monoisotopic (exact) mass is 285 g/mol. The van der Waals surface area contributed by atoms with Gasteiger partial charge in [0.25, 0.3) is 0 Å². The average molecular weight is 285 g/mol. The van der Waals surface area contributed by atoms with E-state index in [9.17, 15) is 0 Å². The lowest BCUT2D eigenvalue weighted by molar-refractivity contribution is 0.466. The van der Waals surface area contributed by atoms with Crippen LogP contribution in [0.15, 0.2) is 30.3 Å². The molecule has 112 valence electrons. The topological polar surface area (TPSA) is 76.7 Å². The predicted molar refractivity (Wildman–Crippen MR) is 86.0 cm³/mol. The lowest BCUT2D eigenvalue weighted by Crippen LogP contribution is -2.29. The number of anilines is 2. The maximum atomic E-state index is 5.67. The van der Waals surface area contributed by atoms with Gasteiger partial charge in [0.05, 0.1) is 0 Å². The van der Waals surface area contributed by atoms with E-state index >= 15 is 0 Å². The van der Waals surface area contributed by atoms with Gasteiger partial charge in [-0.25, -0.2) is 0 Å². The Morgan fingerprint density at radius 1 is 1.14 bits per heavy atom. The predicted octanol–water partition coefficient (Wildman–Crippen LogP) is 2.83. The highest BCUT2D eigenvalue weighted by Crippen LogP contribution is 2.17. The van der Waals surface area contributed by atoms with Gasteiger partial charge in [0.1, 0.15) is 5.82 Å². The lowest BCUT2D eigenvalue weighted by Gasteiger charge is -2.24. The van der Waals surface area contributed by atoms with Crippen molar-refractivity contribution >= 4 is 11.9 Å². The number of nitrogens with two attached hydrogens (primary N) is 1. The van der Waals surface area contributed by atoms with Crippen molar-refractivity contribution < 1.29 is 0 Å². The zero-order chi connectivity index (χ0) is 15.2. The first-order valence-electron chi connectivity index (χ1n) is 7.37. The van der Waals surface area contributed by atoms with Crippen molar-refractivity contribution in [2.45, 2.75) is 39.7 Å². The summed E-state index contributed by atoms with van der Waals surface area (Å²) < 4.78 is 0. The molecule has 1 aromatic carbocycles. The summed E-state index contributed by atoms with van der Waals surface area (Å²) in [7, 11) is 0. The highest BCUT2D eigenvalue weighted by atomic mass is 15.2. The van der Waals surface area contributed by atoms with Crippen molar-refractivity contribution in [2.75, 3.05) is 11.1 Å². The highest BCUT2D eigenvalue weighted by molar-refractivity contribution is 5.32. The van der Waals surface area contributed by atoms with Crippen molar-refractivity contribution in [1.82, 2.24) is 15.0 Å². The second-order valence-corrected chi connectivity index (χ2v) is 5.39. The molecule has 2 unspecified atom stereocenters. The average Bonchev–Trinajstić information content (AvgIpc) is 2.44. The molecule has 5 heteroatoms. The summed E-state index contributed by atoms with van der Waals surface area (Å²) in [5.74, 6) is 1.92. The van der Waals surface area contributed by atoms with Crippen LogP contribution in [-0.4, -0.2) is 21.0 Å². The number of aryl methyl sites for hydroxylation is 1. The first-order chi connectivity index (χ1) is 10.1. The Bertz CT molecular complexity index is 550. The van der Waals surface area contributed by atoms with Crippen LogP contribution in [0.5, 0.6) is 0 Å². The first-order valence-corrected chi connectivity index (χ1v) is 7.37. The molecule has 5 nitrogen and oxygen atoms in total. The van der Waals surface area contributed by atoms with Crippen LogP contribution in [0.25, 0.3) is 0 Å². The second-order valence-electron chi connectivity index (χ2n) is 5.39. The number of rotatable bonds is 6. The Hall–Kier alpha value is -2.17. The Morgan fingerprint density at radius 2 is 1.86 bits per heavy atom. The zero-order valence-corrected chi connectivity index (χ0v) is 12.9. The molecule has 2 aromatic rings. The molecule has 1 heterocycles. The summed E-state index contributed by atoms with van der Waals surface area (Å²) in [6.07, 6.45) is 2.02. The van der Waals surface area contributed by atoms with E-state index in [0.717, 1.165) is 12.8 Å². The van der Waals surface area contributed by atoms with Crippen LogP contribution in [0, 0.1) is 12.8 Å². The van der Waals surface area contributed by atoms with Gasteiger partial charge >= 0.3 is 0 Å². The third-order valence-electron chi connectivity index (χ3n) is 3.61. The molecule has 3 N–H and O–H groups in total. The number of benzene rings is 1.